The zero-order valence-corrected chi connectivity index (χ0v) is 17.8. The Labute approximate surface area is 179 Å². The third kappa shape index (κ3) is 4.80. The van der Waals surface area contributed by atoms with Gasteiger partial charge in [-0.05, 0) is 44.0 Å². The number of amides is 1. The van der Waals surface area contributed by atoms with Crippen molar-refractivity contribution in [3.05, 3.63) is 47.8 Å². The summed E-state index contributed by atoms with van der Waals surface area (Å²) in [5.74, 6) is 0.0527. The van der Waals surface area contributed by atoms with Crippen LogP contribution < -0.4 is 10.2 Å². The summed E-state index contributed by atoms with van der Waals surface area (Å²) < 4.78 is 1.96. The van der Waals surface area contributed by atoms with E-state index in [2.05, 4.69) is 46.5 Å². The van der Waals surface area contributed by atoms with Crippen LogP contribution in [0.1, 0.15) is 34.9 Å². The molecule has 1 aromatic carbocycles. The molecule has 1 aromatic heterocycles. The van der Waals surface area contributed by atoms with Crippen LogP contribution in [-0.2, 0) is 0 Å². The van der Waals surface area contributed by atoms with Crippen LogP contribution in [-0.4, -0.2) is 59.9 Å². The number of halogens is 2. The van der Waals surface area contributed by atoms with Crippen molar-refractivity contribution in [2.45, 2.75) is 25.8 Å². The summed E-state index contributed by atoms with van der Waals surface area (Å²) in [6, 6.07) is 10.7. The molecule has 3 heterocycles. The van der Waals surface area contributed by atoms with Crippen LogP contribution in [0, 0.1) is 6.92 Å². The Morgan fingerprint density at radius 3 is 2.54 bits per heavy atom. The van der Waals surface area contributed by atoms with E-state index in [9.17, 15) is 4.79 Å². The number of anilines is 1. The molecule has 154 valence electrons. The number of aryl methyl sites for hydroxylation is 1. The summed E-state index contributed by atoms with van der Waals surface area (Å²) in [7, 11) is 0. The largest absolute Gasteiger partial charge is 0.368 e. The monoisotopic (exact) mass is 425 g/mol. The maximum absolute atomic E-state index is 12.8. The van der Waals surface area contributed by atoms with Gasteiger partial charge in [-0.1, -0.05) is 18.2 Å². The van der Waals surface area contributed by atoms with Gasteiger partial charge in [0.1, 0.15) is 5.69 Å². The van der Waals surface area contributed by atoms with E-state index < -0.39 is 0 Å². The minimum absolute atomic E-state index is 0. The second-order valence-electron chi connectivity index (χ2n) is 7.25. The Balaban J connectivity index is 0.00000140. The maximum atomic E-state index is 12.8. The first-order valence-electron chi connectivity index (χ1n) is 9.58. The number of carbonyl (C=O) groups excluding carboxylic acids is 1. The number of rotatable bonds is 3. The number of nitrogens with zero attached hydrogens (tertiary/aromatic N) is 4. The van der Waals surface area contributed by atoms with Crippen molar-refractivity contribution in [3.63, 3.8) is 0 Å². The SMILES string of the molecule is Cc1ccccc1N1CCN(C(=O)c2ccn(C3CCCNC3)n2)CC1.Cl.Cl. The van der Waals surface area contributed by atoms with Crippen LogP contribution in [0.4, 0.5) is 5.69 Å². The predicted octanol–water partition coefficient (Wildman–Crippen LogP) is 2.92. The molecule has 1 N–H and O–H groups in total. The van der Waals surface area contributed by atoms with Crippen LogP contribution in [0.5, 0.6) is 0 Å². The van der Waals surface area contributed by atoms with Crippen molar-refractivity contribution in [3.8, 4) is 0 Å². The minimum Gasteiger partial charge on any atom is -0.368 e. The number of hydrogen-bond acceptors (Lipinski definition) is 4. The second kappa shape index (κ2) is 10.1. The van der Waals surface area contributed by atoms with Crippen molar-refractivity contribution in [2.75, 3.05) is 44.2 Å². The van der Waals surface area contributed by atoms with Crippen molar-refractivity contribution in [1.82, 2.24) is 20.0 Å². The lowest BCUT2D eigenvalue weighted by Crippen LogP contribution is -2.49. The van der Waals surface area contributed by atoms with E-state index in [4.69, 9.17) is 0 Å². The van der Waals surface area contributed by atoms with Crippen molar-refractivity contribution < 1.29 is 4.79 Å². The highest BCUT2D eigenvalue weighted by molar-refractivity contribution is 5.92. The third-order valence-electron chi connectivity index (χ3n) is 5.50. The summed E-state index contributed by atoms with van der Waals surface area (Å²) in [4.78, 5) is 17.1. The van der Waals surface area contributed by atoms with E-state index in [1.165, 1.54) is 11.3 Å². The molecule has 2 aromatic rings. The van der Waals surface area contributed by atoms with Crippen LogP contribution in [0.25, 0.3) is 0 Å². The lowest BCUT2D eigenvalue weighted by atomic mass is 10.1. The zero-order valence-electron chi connectivity index (χ0n) is 16.2. The Morgan fingerprint density at radius 1 is 1.11 bits per heavy atom. The number of benzene rings is 1. The van der Waals surface area contributed by atoms with Crippen LogP contribution >= 0.6 is 24.8 Å². The fraction of sp³-hybridized carbons (Fsp3) is 0.500. The summed E-state index contributed by atoms with van der Waals surface area (Å²) in [5, 5.41) is 7.97. The third-order valence-corrected chi connectivity index (χ3v) is 5.50. The highest BCUT2D eigenvalue weighted by Crippen LogP contribution is 2.21. The summed E-state index contributed by atoms with van der Waals surface area (Å²) in [6.07, 6.45) is 4.24. The van der Waals surface area contributed by atoms with E-state index in [-0.39, 0.29) is 30.7 Å². The highest BCUT2D eigenvalue weighted by atomic mass is 35.5. The topological polar surface area (TPSA) is 53.4 Å². The molecule has 28 heavy (non-hydrogen) atoms. The molecule has 8 heteroatoms. The predicted molar refractivity (Wildman–Crippen MR) is 117 cm³/mol. The maximum Gasteiger partial charge on any atom is 0.274 e. The van der Waals surface area contributed by atoms with Crippen LogP contribution in [0.15, 0.2) is 36.5 Å². The number of hydrogen-bond donors (Lipinski definition) is 1. The lowest BCUT2D eigenvalue weighted by Gasteiger charge is -2.36. The number of nitrogens with one attached hydrogen (secondary N) is 1. The molecular formula is C20H29Cl2N5O. The second-order valence-corrected chi connectivity index (χ2v) is 7.25. The standard InChI is InChI=1S/C20H27N5O.2ClH/c1-16-5-2-3-7-19(16)23-11-13-24(14-12-23)20(26)18-8-10-25(22-18)17-6-4-9-21-15-17;;/h2-3,5,7-8,10,17,21H,4,6,9,11-15H2,1H3;2*1H. The van der Waals surface area contributed by atoms with E-state index in [1.54, 1.807) is 0 Å². The molecule has 0 bridgehead atoms. The fourth-order valence-electron chi connectivity index (χ4n) is 3.95. The van der Waals surface area contributed by atoms with Gasteiger partial charge in [0.05, 0.1) is 6.04 Å². The summed E-state index contributed by atoms with van der Waals surface area (Å²) in [6.45, 7) is 7.36. The van der Waals surface area contributed by atoms with E-state index in [0.717, 1.165) is 52.1 Å². The summed E-state index contributed by atoms with van der Waals surface area (Å²) in [5.41, 5.74) is 3.13. The molecule has 2 aliphatic rings. The molecule has 1 atom stereocenters. The normalized spacial score (nSPS) is 19.5. The Kier molecular flexibility index (Phi) is 8.16. The lowest BCUT2D eigenvalue weighted by molar-refractivity contribution is 0.0739. The first-order valence-corrected chi connectivity index (χ1v) is 9.58. The van der Waals surface area contributed by atoms with Crippen molar-refractivity contribution in [2.24, 2.45) is 0 Å². The molecule has 0 saturated carbocycles. The zero-order chi connectivity index (χ0) is 17.9. The average molecular weight is 426 g/mol. The van der Waals surface area contributed by atoms with Crippen LogP contribution in [0.2, 0.25) is 0 Å². The minimum atomic E-state index is 0. The molecule has 2 saturated heterocycles. The first-order chi connectivity index (χ1) is 12.7. The van der Waals surface area contributed by atoms with Gasteiger partial charge in [0.2, 0.25) is 0 Å². The van der Waals surface area contributed by atoms with E-state index in [0.29, 0.717) is 11.7 Å². The summed E-state index contributed by atoms with van der Waals surface area (Å²) >= 11 is 0. The van der Waals surface area contributed by atoms with Gasteiger partial charge in [0, 0.05) is 44.6 Å². The molecule has 1 amide bonds. The van der Waals surface area contributed by atoms with Crippen molar-refractivity contribution in [1.29, 1.82) is 0 Å². The molecule has 2 aliphatic heterocycles. The van der Waals surface area contributed by atoms with E-state index >= 15 is 0 Å². The number of piperazine rings is 1. The Hall–Kier alpha value is -1.76. The van der Waals surface area contributed by atoms with E-state index in [1.807, 2.05) is 21.8 Å². The van der Waals surface area contributed by atoms with Gasteiger partial charge in [-0.25, -0.2) is 0 Å². The molecule has 0 radical (unpaired) electrons. The number of piperidine rings is 1. The Bertz CT molecular complexity index is 767. The smallest absolute Gasteiger partial charge is 0.274 e. The molecule has 6 nitrogen and oxygen atoms in total. The Morgan fingerprint density at radius 2 is 1.86 bits per heavy atom. The number of aromatic nitrogens is 2. The molecule has 4 rings (SSSR count). The van der Waals surface area contributed by atoms with Gasteiger partial charge in [-0.2, -0.15) is 5.10 Å². The van der Waals surface area contributed by atoms with Gasteiger partial charge in [0.25, 0.3) is 5.91 Å². The molecule has 1 unspecified atom stereocenters. The van der Waals surface area contributed by atoms with Crippen molar-refractivity contribution >= 4 is 36.4 Å². The molecule has 2 fully saturated rings. The first kappa shape index (κ1) is 22.5. The highest BCUT2D eigenvalue weighted by Gasteiger charge is 2.25. The van der Waals surface area contributed by atoms with Gasteiger partial charge >= 0.3 is 0 Å². The van der Waals surface area contributed by atoms with Gasteiger partial charge in [-0.15, -0.1) is 24.8 Å². The van der Waals surface area contributed by atoms with Gasteiger partial charge in [0.15, 0.2) is 0 Å². The average Bonchev–Trinajstić information content (AvgIpc) is 3.19. The molecular weight excluding hydrogens is 397 g/mol. The van der Waals surface area contributed by atoms with Gasteiger partial charge < -0.3 is 15.1 Å². The molecule has 0 aliphatic carbocycles. The number of carbonyl (C=O) groups is 1. The number of para-hydroxylation sites is 1. The van der Waals surface area contributed by atoms with Crippen LogP contribution in [0.3, 0.4) is 0 Å². The fourth-order valence-corrected chi connectivity index (χ4v) is 3.95. The molecule has 0 spiro atoms. The quantitative estimate of drug-likeness (QED) is 0.820. The van der Waals surface area contributed by atoms with Gasteiger partial charge in [-0.3, -0.25) is 9.48 Å².